The number of carbonyl (C=O) groups excluding carboxylic acids is 1. The molecule has 0 bridgehead atoms. The molecule has 0 saturated carbocycles. The lowest BCUT2D eigenvalue weighted by molar-refractivity contribution is -0.139. The number of aliphatic carboxylic acids is 1. The molecule has 0 radical (unpaired) electrons. The normalized spacial score (nSPS) is 11.6. The second-order valence-electron chi connectivity index (χ2n) is 6.74. The van der Waals surface area contributed by atoms with Crippen LogP contribution in [0.2, 0.25) is 0 Å². The number of benzene rings is 3. The third-order valence-corrected chi connectivity index (χ3v) is 4.28. The Labute approximate surface area is 180 Å². The summed E-state index contributed by atoms with van der Waals surface area (Å²) in [6, 6.07) is 25.9. The highest BCUT2D eigenvalue weighted by Crippen LogP contribution is 2.16. The van der Waals surface area contributed by atoms with Crippen LogP contribution in [-0.4, -0.2) is 29.9 Å². The number of carbonyl (C=O) groups is 2. The topological polar surface area (TPSA) is 84.9 Å². The Morgan fingerprint density at radius 1 is 0.935 bits per heavy atom. The molecule has 0 aliphatic rings. The van der Waals surface area contributed by atoms with Crippen molar-refractivity contribution in [2.24, 2.45) is 0 Å². The van der Waals surface area contributed by atoms with Crippen LogP contribution in [0.3, 0.4) is 0 Å². The van der Waals surface area contributed by atoms with Crippen molar-refractivity contribution in [1.29, 1.82) is 0 Å². The van der Waals surface area contributed by atoms with Crippen LogP contribution in [0.15, 0.2) is 91.0 Å². The zero-order valence-electron chi connectivity index (χ0n) is 16.8. The molecule has 158 valence electrons. The fourth-order valence-electron chi connectivity index (χ4n) is 2.87. The second kappa shape index (κ2) is 11.2. The van der Waals surface area contributed by atoms with E-state index in [1.54, 1.807) is 36.4 Å². The van der Waals surface area contributed by atoms with Crippen molar-refractivity contribution in [2.45, 2.75) is 12.5 Å². The van der Waals surface area contributed by atoms with Gasteiger partial charge in [-0.25, -0.2) is 9.59 Å². The molecular formula is C25H23NO5. The van der Waals surface area contributed by atoms with Gasteiger partial charge >= 0.3 is 12.1 Å². The molecule has 1 atom stereocenters. The smallest absolute Gasteiger partial charge is 0.412 e. The van der Waals surface area contributed by atoms with E-state index in [1.807, 2.05) is 60.7 Å². The van der Waals surface area contributed by atoms with Crippen molar-refractivity contribution in [3.8, 4) is 5.75 Å². The summed E-state index contributed by atoms with van der Waals surface area (Å²) in [6.45, 7) is -0.410. The first-order valence-electron chi connectivity index (χ1n) is 9.78. The predicted molar refractivity (Wildman–Crippen MR) is 119 cm³/mol. The molecule has 2 N–H and O–H groups in total. The van der Waals surface area contributed by atoms with Crippen LogP contribution in [0.1, 0.15) is 11.1 Å². The second-order valence-corrected chi connectivity index (χ2v) is 6.74. The number of carboxylic acids is 1. The van der Waals surface area contributed by atoms with Gasteiger partial charge in [0.05, 0.1) is 0 Å². The molecule has 0 fully saturated rings. The molecule has 6 heteroatoms. The van der Waals surface area contributed by atoms with Crippen molar-refractivity contribution < 1.29 is 24.2 Å². The SMILES string of the molecule is O=C(O)COc1cccc(/C=C\C(Cc2ccccc2)OC(=O)Nc2ccccc2)c1. The number of rotatable bonds is 9. The fraction of sp³-hybridized carbons (Fsp3) is 0.120. The van der Waals surface area contributed by atoms with Crippen LogP contribution in [0, 0.1) is 0 Å². The van der Waals surface area contributed by atoms with E-state index in [4.69, 9.17) is 14.6 Å². The Morgan fingerprint density at radius 2 is 1.65 bits per heavy atom. The maximum absolute atomic E-state index is 12.4. The monoisotopic (exact) mass is 417 g/mol. The minimum absolute atomic E-state index is 0.410. The van der Waals surface area contributed by atoms with Gasteiger partial charge in [0, 0.05) is 12.1 Å². The minimum Gasteiger partial charge on any atom is -0.482 e. The number of anilines is 1. The molecule has 0 spiro atoms. The number of para-hydroxylation sites is 1. The van der Waals surface area contributed by atoms with Gasteiger partial charge in [0.15, 0.2) is 6.61 Å². The van der Waals surface area contributed by atoms with Gasteiger partial charge in [-0.15, -0.1) is 0 Å². The Hall–Kier alpha value is -4.06. The van der Waals surface area contributed by atoms with E-state index in [1.165, 1.54) is 0 Å². The summed E-state index contributed by atoms with van der Waals surface area (Å²) in [6.07, 6.45) is 3.07. The van der Waals surface area contributed by atoms with Crippen LogP contribution >= 0.6 is 0 Å². The molecule has 31 heavy (non-hydrogen) atoms. The Kier molecular flexibility index (Phi) is 7.83. The van der Waals surface area contributed by atoms with Crippen molar-refractivity contribution in [3.63, 3.8) is 0 Å². The Balaban J connectivity index is 1.70. The largest absolute Gasteiger partial charge is 0.482 e. The van der Waals surface area contributed by atoms with Gasteiger partial charge in [-0.2, -0.15) is 0 Å². The molecule has 0 aliphatic carbocycles. The van der Waals surface area contributed by atoms with Crippen LogP contribution in [0.4, 0.5) is 10.5 Å². The zero-order chi connectivity index (χ0) is 21.9. The van der Waals surface area contributed by atoms with E-state index in [0.717, 1.165) is 11.1 Å². The molecule has 3 aromatic rings. The average Bonchev–Trinajstić information content (AvgIpc) is 2.78. The summed E-state index contributed by atoms with van der Waals surface area (Å²) in [5, 5.41) is 11.5. The summed E-state index contributed by atoms with van der Waals surface area (Å²) >= 11 is 0. The van der Waals surface area contributed by atoms with Crippen LogP contribution < -0.4 is 10.1 Å². The summed E-state index contributed by atoms with van der Waals surface area (Å²) < 4.78 is 10.9. The third-order valence-electron chi connectivity index (χ3n) is 4.28. The number of hydrogen-bond acceptors (Lipinski definition) is 4. The highest BCUT2D eigenvalue weighted by molar-refractivity contribution is 5.84. The van der Waals surface area contributed by atoms with Gasteiger partial charge < -0.3 is 14.6 Å². The van der Waals surface area contributed by atoms with E-state index in [2.05, 4.69) is 5.32 Å². The summed E-state index contributed by atoms with van der Waals surface area (Å²) in [5.74, 6) is -0.589. The fourth-order valence-corrected chi connectivity index (χ4v) is 2.87. The molecule has 3 aromatic carbocycles. The Morgan fingerprint density at radius 3 is 2.35 bits per heavy atom. The number of hydrogen-bond donors (Lipinski definition) is 2. The van der Waals surface area contributed by atoms with Gasteiger partial charge in [-0.1, -0.05) is 66.7 Å². The van der Waals surface area contributed by atoms with Gasteiger partial charge in [0.2, 0.25) is 0 Å². The molecule has 0 heterocycles. The third kappa shape index (κ3) is 7.70. The number of ether oxygens (including phenoxy) is 2. The summed E-state index contributed by atoms with van der Waals surface area (Å²) in [4.78, 5) is 23.1. The summed E-state index contributed by atoms with van der Waals surface area (Å²) in [5.41, 5.74) is 2.48. The maximum Gasteiger partial charge on any atom is 0.412 e. The first-order chi connectivity index (χ1) is 15.1. The molecule has 0 aliphatic heterocycles. The van der Waals surface area contributed by atoms with Crippen LogP contribution in [0.5, 0.6) is 5.75 Å². The standard InChI is InChI=1S/C25H23NO5/c27-24(28)18-30-22-13-7-10-20(16-22)14-15-23(17-19-8-3-1-4-9-19)31-25(29)26-21-11-5-2-6-12-21/h1-16,23H,17-18H2,(H,26,29)(H,27,28)/b15-14-. The van der Waals surface area contributed by atoms with E-state index >= 15 is 0 Å². The lowest BCUT2D eigenvalue weighted by Crippen LogP contribution is -2.22. The van der Waals surface area contributed by atoms with E-state index < -0.39 is 24.8 Å². The lowest BCUT2D eigenvalue weighted by atomic mass is 10.1. The number of amides is 1. The average molecular weight is 417 g/mol. The molecule has 1 amide bonds. The van der Waals surface area contributed by atoms with Crippen LogP contribution in [0.25, 0.3) is 6.08 Å². The minimum atomic E-state index is -1.04. The molecule has 1 unspecified atom stereocenters. The van der Waals surface area contributed by atoms with Gasteiger partial charge in [-0.3, -0.25) is 5.32 Å². The zero-order valence-corrected chi connectivity index (χ0v) is 16.8. The van der Waals surface area contributed by atoms with Gasteiger partial charge in [0.25, 0.3) is 0 Å². The number of nitrogens with one attached hydrogen (secondary N) is 1. The first-order valence-corrected chi connectivity index (χ1v) is 9.78. The lowest BCUT2D eigenvalue weighted by Gasteiger charge is -2.15. The number of carboxylic acid groups (broad SMARTS) is 1. The van der Waals surface area contributed by atoms with Crippen molar-refractivity contribution in [2.75, 3.05) is 11.9 Å². The highest BCUT2D eigenvalue weighted by atomic mass is 16.6. The van der Waals surface area contributed by atoms with E-state index in [-0.39, 0.29) is 0 Å². The predicted octanol–water partition coefficient (Wildman–Crippen LogP) is 5.02. The molecule has 6 nitrogen and oxygen atoms in total. The molecule has 0 saturated heterocycles. The molecular weight excluding hydrogens is 394 g/mol. The molecule has 0 aromatic heterocycles. The first kappa shape index (κ1) is 21.6. The van der Waals surface area contributed by atoms with Crippen molar-refractivity contribution in [3.05, 3.63) is 102 Å². The summed E-state index contributed by atoms with van der Waals surface area (Å²) in [7, 11) is 0. The van der Waals surface area contributed by atoms with Crippen LogP contribution in [-0.2, 0) is 16.0 Å². The van der Waals surface area contributed by atoms with Gasteiger partial charge in [0.1, 0.15) is 11.9 Å². The van der Waals surface area contributed by atoms with Crippen molar-refractivity contribution >= 4 is 23.8 Å². The maximum atomic E-state index is 12.4. The Bertz CT molecular complexity index is 1020. The highest BCUT2D eigenvalue weighted by Gasteiger charge is 2.13. The van der Waals surface area contributed by atoms with Gasteiger partial charge in [-0.05, 0) is 41.5 Å². The quantitative estimate of drug-likeness (QED) is 0.510. The van der Waals surface area contributed by atoms with E-state index in [9.17, 15) is 9.59 Å². The van der Waals surface area contributed by atoms with Crippen molar-refractivity contribution in [1.82, 2.24) is 0 Å². The van der Waals surface area contributed by atoms with E-state index in [0.29, 0.717) is 17.9 Å². The molecule has 3 rings (SSSR count).